The van der Waals surface area contributed by atoms with Crippen LogP contribution in [0.4, 0.5) is 11.4 Å². The average Bonchev–Trinajstić information content (AvgIpc) is 2.45. The molecule has 1 atom stereocenters. The first-order valence-corrected chi connectivity index (χ1v) is 7.22. The Kier molecular flexibility index (Phi) is 4.79. The van der Waals surface area contributed by atoms with Crippen LogP contribution in [0, 0.1) is 10.1 Å². The Labute approximate surface area is 129 Å². The summed E-state index contributed by atoms with van der Waals surface area (Å²) in [5.41, 5.74) is 0.308. The molecule has 8 heteroatoms. The molecule has 0 saturated carbocycles. The van der Waals surface area contributed by atoms with Gasteiger partial charge >= 0.3 is 5.97 Å². The van der Waals surface area contributed by atoms with Gasteiger partial charge in [0, 0.05) is 23.6 Å². The van der Waals surface area contributed by atoms with E-state index in [9.17, 15) is 20.0 Å². The normalized spacial score (nSPS) is 18.4. The van der Waals surface area contributed by atoms with Gasteiger partial charge in [-0.3, -0.25) is 10.1 Å². The number of halogens is 1. The fourth-order valence-electron chi connectivity index (χ4n) is 2.43. The Morgan fingerprint density at radius 3 is 2.86 bits per heavy atom. The summed E-state index contributed by atoms with van der Waals surface area (Å²) in [6, 6.07) is 2.70. The maximum absolute atomic E-state index is 11.6. The minimum Gasteiger partial charge on any atom is -0.465 e. The van der Waals surface area contributed by atoms with Gasteiger partial charge in [0.05, 0.1) is 23.7 Å². The van der Waals surface area contributed by atoms with Crippen molar-refractivity contribution in [3.05, 3.63) is 32.3 Å². The number of anilines is 1. The highest BCUT2D eigenvalue weighted by Crippen LogP contribution is 2.38. The molecular formula is C13H15BrN2O5. The number of carbonyl (C=O) groups excluding carboxylic acids is 1. The SMILES string of the molecule is COC(=O)c1cc(Br)c(N2CCCC(O)C2)c([N+](=O)[O-])c1. The third-order valence-corrected chi connectivity index (χ3v) is 3.98. The molecule has 0 aliphatic carbocycles. The lowest BCUT2D eigenvalue weighted by Gasteiger charge is -2.32. The number of β-amino-alcohol motifs (C(OH)–C–C–N with tert-alkyl or cyclic N) is 1. The van der Waals surface area contributed by atoms with Crippen molar-refractivity contribution in [2.75, 3.05) is 25.1 Å². The smallest absolute Gasteiger partial charge is 0.338 e. The summed E-state index contributed by atoms with van der Waals surface area (Å²) in [5, 5.41) is 21.0. The van der Waals surface area contributed by atoms with Crippen LogP contribution in [-0.4, -0.2) is 42.3 Å². The molecule has 0 amide bonds. The lowest BCUT2D eigenvalue weighted by atomic mass is 10.1. The summed E-state index contributed by atoms with van der Waals surface area (Å²) < 4.78 is 5.03. The second-order valence-corrected chi connectivity index (χ2v) is 5.67. The first-order valence-electron chi connectivity index (χ1n) is 6.43. The molecule has 0 bridgehead atoms. The minimum atomic E-state index is -0.635. The predicted molar refractivity (Wildman–Crippen MR) is 79.6 cm³/mol. The number of methoxy groups -OCH3 is 1. The number of nitrogens with zero attached hydrogens (tertiary/aromatic N) is 2. The van der Waals surface area contributed by atoms with Crippen LogP contribution in [0.15, 0.2) is 16.6 Å². The van der Waals surface area contributed by atoms with Crippen LogP contribution in [0.1, 0.15) is 23.2 Å². The number of piperidine rings is 1. The van der Waals surface area contributed by atoms with E-state index in [0.717, 1.165) is 6.42 Å². The fourth-order valence-corrected chi connectivity index (χ4v) is 3.13. The second-order valence-electron chi connectivity index (χ2n) is 4.82. The summed E-state index contributed by atoms with van der Waals surface area (Å²) in [5.74, 6) is -0.635. The molecule has 1 aromatic carbocycles. The lowest BCUT2D eigenvalue weighted by molar-refractivity contribution is -0.384. The number of nitro groups is 1. The summed E-state index contributed by atoms with van der Waals surface area (Å²) in [6.07, 6.45) is 0.927. The second kappa shape index (κ2) is 6.40. The van der Waals surface area contributed by atoms with Crippen LogP contribution < -0.4 is 4.90 Å². The molecule has 0 spiro atoms. The van der Waals surface area contributed by atoms with Crippen molar-refractivity contribution < 1.29 is 19.6 Å². The largest absolute Gasteiger partial charge is 0.465 e. The van der Waals surface area contributed by atoms with Gasteiger partial charge in [0.25, 0.3) is 5.69 Å². The number of aliphatic hydroxyl groups is 1. The summed E-state index contributed by atoms with van der Waals surface area (Å²) in [6.45, 7) is 0.949. The monoisotopic (exact) mass is 358 g/mol. The molecule has 1 fully saturated rings. The van der Waals surface area contributed by atoms with Crippen LogP contribution in [0.5, 0.6) is 0 Å². The predicted octanol–water partition coefficient (Wildman–Crippen LogP) is 2.10. The molecule has 1 aliphatic heterocycles. The number of rotatable bonds is 3. The quantitative estimate of drug-likeness (QED) is 0.505. The third-order valence-electron chi connectivity index (χ3n) is 3.37. The number of nitro benzene ring substituents is 1. The fraction of sp³-hybridized carbons (Fsp3) is 0.462. The maximum Gasteiger partial charge on any atom is 0.338 e. The van der Waals surface area contributed by atoms with Crippen molar-refractivity contribution in [1.29, 1.82) is 0 Å². The molecule has 1 aliphatic rings. The molecule has 114 valence electrons. The molecule has 1 aromatic rings. The van der Waals surface area contributed by atoms with Crippen molar-refractivity contribution >= 4 is 33.3 Å². The Balaban J connectivity index is 2.49. The molecular weight excluding hydrogens is 344 g/mol. The number of ether oxygens (including phenoxy) is 1. The molecule has 1 unspecified atom stereocenters. The zero-order valence-corrected chi connectivity index (χ0v) is 13.0. The van der Waals surface area contributed by atoms with Gasteiger partial charge < -0.3 is 14.7 Å². The molecule has 1 heterocycles. The summed E-state index contributed by atoms with van der Waals surface area (Å²) in [7, 11) is 1.22. The van der Waals surface area contributed by atoms with E-state index in [2.05, 4.69) is 20.7 Å². The van der Waals surface area contributed by atoms with E-state index in [4.69, 9.17) is 0 Å². The van der Waals surface area contributed by atoms with Gasteiger partial charge in [0.15, 0.2) is 0 Å². The summed E-state index contributed by atoms with van der Waals surface area (Å²) >= 11 is 3.28. The number of aliphatic hydroxyl groups excluding tert-OH is 1. The van der Waals surface area contributed by atoms with Crippen molar-refractivity contribution in [2.45, 2.75) is 18.9 Å². The van der Waals surface area contributed by atoms with E-state index in [1.54, 1.807) is 4.90 Å². The zero-order valence-electron chi connectivity index (χ0n) is 11.4. The Morgan fingerprint density at radius 2 is 2.29 bits per heavy atom. The molecule has 0 radical (unpaired) electrons. The Hall–Kier alpha value is -1.67. The van der Waals surface area contributed by atoms with Crippen LogP contribution in [0.3, 0.4) is 0 Å². The number of hydrogen-bond acceptors (Lipinski definition) is 6. The van der Waals surface area contributed by atoms with Gasteiger partial charge in [0.2, 0.25) is 0 Å². The van der Waals surface area contributed by atoms with E-state index in [-0.39, 0.29) is 11.3 Å². The van der Waals surface area contributed by atoms with Crippen molar-refractivity contribution in [2.24, 2.45) is 0 Å². The van der Waals surface area contributed by atoms with E-state index < -0.39 is 17.0 Å². The van der Waals surface area contributed by atoms with Crippen LogP contribution in [0.25, 0.3) is 0 Å². The Bertz CT molecular complexity index is 578. The third kappa shape index (κ3) is 3.33. The zero-order chi connectivity index (χ0) is 15.6. The standard InChI is InChI=1S/C13H15BrN2O5/c1-21-13(18)8-5-10(14)12(11(6-8)16(19)20)15-4-2-3-9(17)7-15/h5-6,9,17H,2-4,7H2,1H3. The number of carbonyl (C=O) groups is 1. The highest BCUT2D eigenvalue weighted by molar-refractivity contribution is 9.10. The molecule has 1 N–H and O–H groups in total. The van der Waals surface area contributed by atoms with Gasteiger partial charge in [-0.15, -0.1) is 0 Å². The van der Waals surface area contributed by atoms with Crippen molar-refractivity contribution in [1.82, 2.24) is 0 Å². The van der Waals surface area contributed by atoms with Gasteiger partial charge in [-0.1, -0.05) is 0 Å². The van der Waals surface area contributed by atoms with Crippen LogP contribution in [-0.2, 0) is 4.74 Å². The first kappa shape index (κ1) is 15.7. The highest BCUT2D eigenvalue weighted by Gasteiger charge is 2.28. The molecule has 2 rings (SSSR count). The first-order chi connectivity index (χ1) is 9.93. The number of hydrogen-bond donors (Lipinski definition) is 1. The molecule has 0 aromatic heterocycles. The Morgan fingerprint density at radius 1 is 1.57 bits per heavy atom. The minimum absolute atomic E-state index is 0.109. The number of esters is 1. The van der Waals surface area contributed by atoms with E-state index in [1.807, 2.05) is 0 Å². The van der Waals surface area contributed by atoms with Crippen molar-refractivity contribution in [3.63, 3.8) is 0 Å². The highest BCUT2D eigenvalue weighted by atomic mass is 79.9. The van der Waals surface area contributed by atoms with E-state index in [0.29, 0.717) is 29.7 Å². The lowest BCUT2D eigenvalue weighted by Crippen LogP contribution is -2.38. The molecule has 21 heavy (non-hydrogen) atoms. The van der Waals surface area contributed by atoms with E-state index in [1.165, 1.54) is 19.2 Å². The average molecular weight is 359 g/mol. The molecule has 7 nitrogen and oxygen atoms in total. The van der Waals surface area contributed by atoms with Gasteiger partial charge in [-0.25, -0.2) is 4.79 Å². The summed E-state index contributed by atoms with van der Waals surface area (Å²) in [4.78, 5) is 24.1. The van der Waals surface area contributed by atoms with Gasteiger partial charge in [0.1, 0.15) is 5.69 Å². The van der Waals surface area contributed by atoms with Gasteiger partial charge in [-0.2, -0.15) is 0 Å². The van der Waals surface area contributed by atoms with Crippen molar-refractivity contribution in [3.8, 4) is 0 Å². The topological polar surface area (TPSA) is 92.9 Å². The van der Waals surface area contributed by atoms with Crippen LogP contribution >= 0.6 is 15.9 Å². The van der Waals surface area contributed by atoms with Crippen LogP contribution in [0.2, 0.25) is 0 Å². The van der Waals surface area contributed by atoms with E-state index >= 15 is 0 Å². The molecule has 1 saturated heterocycles. The van der Waals surface area contributed by atoms with Gasteiger partial charge in [-0.05, 0) is 34.8 Å². The maximum atomic E-state index is 11.6. The number of benzene rings is 1.